The Morgan fingerprint density at radius 2 is 0.852 bits per heavy atom. The zero-order valence-electron chi connectivity index (χ0n) is 28.4. The lowest BCUT2D eigenvalue weighted by Crippen LogP contribution is -2.20. The molecule has 0 bridgehead atoms. The SMILES string of the molecule is O=C1N[C@@H](c2cccc(C#Cc3ccccc3F)n2)[C@H](c2ccccc2)O1.O=C1N[C@H](c2cccc(C#Cc3ccccc3F)n2)[C@@H](c2ccccc2)O1. The van der Waals surface area contributed by atoms with Gasteiger partial charge in [-0.2, -0.15) is 0 Å². The molecule has 4 aromatic carbocycles. The van der Waals surface area contributed by atoms with Crippen LogP contribution >= 0.6 is 0 Å². The third-order valence-corrected chi connectivity index (χ3v) is 8.45. The van der Waals surface area contributed by atoms with Crippen molar-refractivity contribution in [3.05, 3.63) is 202 Å². The zero-order valence-corrected chi connectivity index (χ0v) is 28.4. The summed E-state index contributed by atoms with van der Waals surface area (Å²) in [4.78, 5) is 32.7. The molecule has 2 N–H and O–H groups in total. The molecule has 0 spiro atoms. The first kappa shape index (κ1) is 35.1. The number of benzene rings is 4. The monoisotopic (exact) mass is 716 g/mol. The van der Waals surface area contributed by atoms with E-state index in [1.165, 1.54) is 12.1 Å². The molecule has 8 nitrogen and oxygen atoms in total. The first-order chi connectivity index (χ1) is 26.4. The van der Waals surface area contributed by atoms with E-state index < -0.39 is 36.5 Å². The maximum Gasteiger partial charge on any atom is 0.408 e. The summed E-state index contributed by atoms with van der Waals surface area (Å²) >= 11 is 0. The molecule has 10 heteroatoms. The fourth-order valence-electron chi connectivity index (χ4n) is 5.88. The Labute approximate surface area is 310 Å². The molecule has 2 saturated heterocycles. The highest BCUT2D eigenvalue weighted by Crippen LogP contribution is 2.37. The number of hydrogen-bond acceptors (Lipinski definition) is 6. The van der Waals surface area contributed by atoms with Crippen LogP contribution in [0.15, 0.2) is 146 Å². The van der Waals surface area contributed by atoms with E-state index in [-0.39, 0.29) is 11.6 Å². The Bertz CT molecular complexity index is 2250. The summed E-state index contributed by atoms with van der Waals surface area (Å²) in [6.07, 6.45) is -1.92. The molecule has 2 fully saturated rings. The number of hydrogen-bond donors (Lipinski definition) is 2. The molecule has 8 rings (SSSR count). The van der Waals surface area contributed by atoms with E-state index in [4.69, 9.17) is 9.47 Å². The number of pyridine rings is 2. The molecule has 264 valence electrons. The third kappa shape index (κ3) is 8.42. The van der Waals surface area contributed by atoms with Gasteiger partial charge in [-0.1, -0.05) is 109 Å². The minimum Gasteiger partial charge on any atom is -0.439 e. The normalized spacial score (nSPS) is 18.2. The quantitative estimate of drug-likeness (QED) is 0.178. The second kappa shape index (κ2) is 16.4. The van der Waals surface area contributed by atoms with Gasteiger partial charge in [-0.3, -0.25) is 0 Å². The molecule has 2 amide bonds. The van der Waals surface area contributed by atoms with Crippen LogP contribution in [0.1, 0.15) is 69.3 Å². The Morgan fingerprint density at radius 3 is 1.26 bits per heavy atom. The second-order valence-electron chi connectivity index (χ2n) is 12.1. The van der Waals surface area contributed by atoms with Gasteiger partial charge in [0.2, 0.25) is 0 Å². The number of nitrogens with zero attached hydrogens (tertiary/aromatic N) is 2. The van der Waals surface area contributed by atoms with Crippen molar-refractivity contribution >= 4 is 12.2 Å². The van der Waals surface area contributed by atoms with Gasteiger partial charge in [0.15, 0.2) is 12.2 Å². The van der Waals surface area contributed by atoms with Crippen LogP contribution in [0.2, 0.25) is 0 Å². The van der Waals surface area contributed by atoms with E-state index in [2.05, 4.69) is 44.3 Å². The molecular weight excluding hydrogens is 687 g/mol. The lowest BCUT2D eigenvalue weighted by atomic mass is 10.00. The van der Waals surface area contributed by atoms with Crippen LogP contribution in [-0.2, 0) is 9.47 Å². The number of carbonyl (C=O) groups excluding carboxylic acids is 2. The molecule has 2 aromatic heterocycles. The van der Waals surface area contributed by atoms with E-state index in [1.54, 1.807) is 60.7 Å². The second-order valence-corrected chi connectivity index (χ2v) is 12.1. The van der Waals surface area contributed by atoms with Crippen LogP contribution in [0.5, 0.6) is 0 Å². The highest BCUT2D eigenvalue weighted by Gasteiger charge is 2.38. The molecule has 0 saturated carbocycles. The topological polar surface area (TPSA) is 102 Å². The van der Waals surface area contributed by atoms with E-state index >= 15 is 0 Å². The highest BCUT2D eigenvalue weighted by atomic mass is 19.1. The van der Waals surface area contributed by atoms with Crippen molar-refractivity contribution in [3.8, 4) is 23.7 Å². The summed E-state index contributed by atoms with van der Waals surface area (Å²) in [6, 6.07) is 41.5. The fourth-order valence-corrected chi connectivity index (χ4v) is 5.88. The first-order valence-electron chi connectivity index (χ1n) is 16.9. The average Bonchev–Trinajstić information content (AvgIpc) is 3.81. The maximum atomic E-state index is 13.7. The van der Waals surface area contributed by atoms with Gasteiger partial charge in [0.1, 0.15) is 35.1 Å². The lowest BCUT2D eigenvalue weighted by Gasteiger charge is -2.16. The first-order valence-corrected chi connectivity index (χ1v) is 16.9. The van der Waals surface area contributed by atoms with Gasteiger partial charge in [0.05, 0.1) is 22.5 Å². The number of halogens is 2. The van der Waals surface area contributed by atoms with E-state index in [0.717, 1.165) is 11.1 Å². The van der Waals surface area contributed by atoms with E-state index in [1.807, 2.05) is 72.8 Å². The van der Waals surface area contributed by atoms with Gasteiger partial charge in [0.25, 0.3) is 0 Å². The highest BCUT2D eigenvalue weighted by molar-refractivity contribution is 5.71. The fraction of sp³-hybridized carbons (Fsp3) is 0.0909. The Balaban J connectivity index is 0.000000167. The van der Waals surface area contributed by atoms with Crippen molar-refractivity contribution in [2.45, 2.75) is 24.3 Å². The van der Waals surface area contributed by atoms with Crippen molar-refractivity contribution in [2.24, 2.45) is 0 Å². The predicted molar refractivity (Wildman–Crippen MR) is 196 cm³/mol. The van der Waals surface area contributed by atoms with Crippen molar-refractivity contribution in [1.82, 2.24) is 20.6 Å². The largest absolute Gasteiger partial charge is 0.439 e. The van der Waals surface area contributed by atoms with Crippen LogP contribution in [-0.4, -0.2) is 22.2 Å². The molecule has 0 unspecified atom stereocenters. The van der Waals surface area contributed by atoms with E-state index in [0.29, 0.717) is 33.9 Å². The number of ether oxygens (including phenoxy) is 2. The van der Waals surface area contributed by atoms with Gasteiger partial charge < -0.3 is 20.1 Å². The zero-order chi connectivity index (χ0) is 37.3. The smallest absolute Gasteiger partial charge is 0.408 e. The molecule has 6 aromatic rings. The Morgan fingerprint density at radius 1 is 0.463 bits per heavy atom. The van der Waals surface area contributed by atoms with Crippen LogP contribution in [0.3, 0.4) is 0 Å². The number of aromatic nitrogens is 2. The summed E-state index contributed by atoms with van der Waals surface area (Å²) in [6.45, 7) is 0. The number of amides is 2. The van der Waals surface area contributed by atoms with Gasteiger partial charge >= 0.3 is 12.2 Å². The molecule has 2 aliphatic rings. The van der Waals surface area contributed by atoms with Gasteiger partial charge in [-0.15, -0.1) is 0 Å². The van der Waals surface area contributed by atoms with Crippen molar-refractivity contribution in [3.63, 3.8) is 0 Å². The Kier molecular flexibility index (Phi) is 10.6. The van der Waals surface area contributed by atoms with Crippen LogP contribution in [0.25, 0.3) is 0 Å². The van der Waals surface area contributed by atoms with Crippen molar-refractivity contribution in [1.29, 1.82) is 0 Å². The molecule has 2 aliphatic heterocycles. The maximum absolute atomic E-state index is 13.7. The number of rotatable bonds is 4. The van der Waals surface area contributed by atoms with Gasteiger partial charge in [0, 0.05) is 0 Å². The third-order valence-electron chi connectivity index (χ3n) is 8.45. The summed E-state index contributed by atoms with van der Waals surface area (Å²) in [5.74, 6) is 10.6. The standard InChI is InChI=1S/2C22H15FN2O2/c2*23-18-11-5-4-7-15(18)13-14-17-10-6-12-19(24-17)20-21(27-22(26)25-20)16-8-2-1-3-9-16/h2*1-12,20-21H,(H,25,26)/t2*20-,21-/m10/s1. The number of carbonyl (C=O) groups is 2. The summed E-state index contributed by atoms with van der Waals surface area (Å²) in [5.41, 5.74) is 4.63. The molecule has 0 radical (unpaired) electrons. The summed E-state index contributed by atoms with van der Waals surface area (Å²) in [7, 11) is 0. The Hall–Kier alpha value is -7.30. The minimum absolute atomic E-state index is 0.310. The molecule has 4 atom stereocenters. The minimum atomic E-state index is -0.488. The summed E-state index contributed by atoms with van der Waals surface area (Å²) in [5, 5.41) is 5.59. The predicted octanol–water partition coefficient (Wildman–Crippen LogP) is 8.29. The van der Waals surface area contributed by atoms with Crippen LogP contribution in [0.4, 0.5) is 18.4 Å². The number of alkyl carbamates (subject to hydrolysis) is 2. The van der Waals surface area contributed by atoms with Gasteiger partial charge in [-0.25, -0.2) is 28.3 Å². The average molecular weight is 717 g/mol. The van der Waals surface area contributed by atoms with Gasteiger partial charge in [-0.05, 0) is 71.5 Å². The molecular formula is C44H30F2N4O4. The molecule has 54 heavy (non-hydrogen) atoms. The number of nitrogens with one attached hydrogen (secondary N) is 2. The lowest BCUT2D eigenvalue weighted by molar-refractivity contribution is 0.131. The summed E-state index contributed by atoms with van der Waals surface area (Å²) < 4.78 is 38.3. The van der Waals surface area contributed by atoms with E-state index in [9.17, 15) is 18.4 Å². The van der Waals surface area contributed by atoms with Crippen LogP contribution in [0, 0.1) is 35.3 Å². The van der Waals surface area contributed by atoms with Crippen molar-refractivity contribution < 1.29 is 27.8 Å². The molecule has 0 aliphatic carbocycles. The molecule has 4 heterocycles. The van der Waals surface area contributed by atoms with Crippen molar-refractivity contribution in [2.75, 3.05) is 0 Å². The number of cyclic esters (lactones) is 2. The van der Waals surface area contributed by atoms with Crippen LogP contribution < -0.4 is 10.6 Å².